The Kier molecular flexibility index (Phi) is 2.78. The fourth-order valence-corrected chi connectivity index (χ4v) is 5.95. The van der Waals surface area contributed by atoms with Crippen LogP contribution in [0.1, 0.15) is 30.4 Å². The van der Waals surface area contributed by atoms with E-state index in [-0.39, 0.29) is 11.8 Å². The summed E-state index contributed by atoms with van der Waals surface area (Å²) in [5.41, 5.74) is 0.178. The monoisotopic (exact) mass is 331 g/mol. The van der Waals surface area contributed by atoms with E-state index < -0.39 is 23.3 Å². The van der Waals surface area contributed by atoms with Crippen LogP contribution in [0.25, 0.3) is 0 Å². The molecular formula is C19H22FNO3. The Morgan fingerprint density at radius 2 is 2.25 bits per heavy atom. The van der Waals surface area contributed by atoms with Crippen molar-refractivity contribution in [2.75, 3.05) is 13.1 Å². The summed E-state index contributed by atoms with van der Waals surface area (Å²) in [4.78, 5) is 2.27. The van der Waals surface area contributed by atoms with Crippen LogP contribution < -0.4 is 4.74 Å². The number of phenols is 1. The van der Waals surface area contributed by atoms with Gasteiger partial charge in [-0.2, -0.15) is 0 Å². The van der Waals surface area contributed by atoms with E-state index >= 15 is 0 Å². The second-order valence-electron chi connectivity index (χ2n) is 7.69. The van der Waals surface area contributed by atoms with Crippen molar-refractivity contribution < 1.29 is 19.3 Å². The van der Waals surface area contributed by atoms with Gasteiger partial charge in [0, 0.05) is 18.2 Å². The molecule has 1 aromatic carbocycles. The van der Waals surface area contributed by atoms with Gasteiger partial charge in [-0.15, -0.1) is 6.58 Å². The van der Waals surface area contributed by atoms with Crippen molar-refractivity contribution in [2.45, 2.75) is 55.0 Å². The second-order valence-corrected chi connectivity index (χ2v) is 7.69. The predicted molar refractivity (Wildman–Crippen MR) is 87.2 cm³/mol. The van der Waals surface area contributed by atoms with Gasteiger partial charge in [-0.05, 0) is 43.9 Å². The molecule has 1 saturated carbocycles. The van der Waals surface area contributed by atoms with Crippen LogP contribution in [0.15, 0.2) is 24.8 Å². The zero-order chi connectivity index (χ0) is 16.7. The molecule has 2 aliphatic carbocycles. The number of halogens is 1. The first-order valence-electron chi connectivity index (χ1n) is 8.76. The summed E-state index contributed by atoms with van der Waals surface area (Å²) in [6.07, 6.45) is 2.11. The van der Waals surface area contributed by atoms with Crippen LogP contribution in [0.3, 0.4) is 0 Å². The lowest BCUT2D eigenvalue weighted by Gasteiger charge is -2.63. The molecular weight excluding hydrogens is 309 g/mol. The Balaban J connectivity index is 1.78. The first-order valence-corrected chi connectivity index (χ1v) is 8.76. The molecule has 24 heavy (non-hydrogen) atoms. The fraction of sp³-hybridized carbons (Fsp3) is 0.579. The van der Waals surface area contributed by atoms with E-state index in [2.05, 4.69) is 11.5 Å². The van der Waals surface area contributed by atoms with E-state index in [4.69, 9.17) is 4.74 Å². The highest BCUT2D eigenvalue weighted by Crippen LogP contribution is 2.65. The first-order chi connectivity index (χ1) is 11.5. The molecule has 2 bridgehead atoms. The zero-order valence-electron chi connectivity index (χ0n) is 13.5. The largest absolute Gasteiger partial charge is 0.504 e. The molecule has 0 radical (unpaired) electrons. The number of hydrogen-bond acceptors (Lipinski definition) is 4. The summed E-state index contributed by atoms with van der Waals surface area (Å²) in [6, 6.07) is 3.48. The third kappa shape index (κ3) is 1.43. The predicted octanol–water partition coefficient (Wildman–Crippen LogP) is 2.07. The van der Waals surface area contributed by atoms with Crippen LogP contribution >= 0.6 is 0 Å². The first kappa shape index (κ1) is 14.7. The van der Waals surface area contributed by atoms with Crippen molar-refractivity contribution in [3.05, 3.63) is 35.9 Å². The number of rotatable bonds is 2. The lowest BCUT2D eigenvalue weighted by Crippen LogP contribution is -2.76. The van der Waals surface area contributed by atoms with Crippen molar-refractivity contribution in [1.82, 2.24) is 4.90 Å². The minimum Gasteiger partial charge on any atom is -0.504 e. The van der Waals surface area contributed by atoms with Gasteiger partial charge in [0.2, 0.25) is 0 Å². The molecule has 0 amide bonds. The zero-order valence-corrected chi connectivity index (χ0v) is 13.5. The molecule has 5 atom stereocenters. The molecule has 2 fully saturated rings. The maximum atomic E-state index is 14.8. The molecule has 1 spiro atoms. The third-order valence-corrected chi connectivity index (χ3v) is 6.86. The van der Waals surface area contributed by atoms with Crippen molar-refractivity contribution >= 4 is 0 Å². The molecule has 5 rings (SSSR count). The molecule has 2 heterocycles. The SMILES string of the molecule is C=CCN1CC[C@@]23c4c5ccc(O)c4O[C@@H]2C(F)CC[C@]3(O)[C@@H]1C5. The number of piperidine rings is 1. The summed E-state index contributed by atoms with van der Waals surface area (Å²) >= 11 is 0. The van der Waals surface area contributed by atoms with Crippen LogP contribution in [-0.4, -0.2) is 52.1 Å². The number of hydrogen-bond donors (Lipinski definition) is 2. The number of alkyl halides is 1. The Morgan fingerprint density at radius 3 is 3.04 bits per heavy atom. The van der Waals surface area contributed by atoms with Crippen molar-refractivity contribution in [3.63, 3.8) is 0 Å². The van der Waals surface area contributed by atoms with E-state index in [1.807, 2.05) is 12.1 Å². The summed E-state index contributed by atoms with van der Waals surface area (Å²) in [7, 11) is 0. The van der Waals surface area contributed by atoms with Gasteiger partial charge in [0.15, 0.2) is 11.5 Å². The van der Waals surface area contributed by atoms with Crippen molar-refractivity contribution in [3.8, 4) is 11.5 Å². The topological polar surface area (TPSA) is 52.9 Å². The van der Waals surface area contributed by atoms with Gasteiger partial charge in [-0.25, -0.2) is 4.39 Å². The van der Waals surface area contributed by atoms with E-state index in [0.29, 0.717) is 38.0 Å². The highest BCUT2D eigenvalue weighted by molar-refractivity contribution is 5.62. The standard InChI is InChI=1S/C19H22FNO3/c1-2-8-21-9-7-18-15-11-3-4-13(22)16(15)24-17(18)12(20)5-6-19(18,23)14(21)10-11/h2-4,12,14,17,22-23H,1,5-10H2/t12?,14-,17+,18+,19-/m0/s1. The summed E-state index contributed by atoms with van der Waals surface area (Å²) in [6.45, 7) is 5.33. The number of nitrogens with zero attached hydrogens (tertiary/aromatic N) is 1. The van der Waals surface area contributed by atoms with Crippen molar-refractivity contribution in [2.24, 2.45) is 0 Å². The summed E-state index contributed by atoms with van der Waals surface area (Å²) in [5.74, 6) is 0.454. The highest BCUT2D eigenvalue weighted by atomic mass is 19.1. The average molecular weight is 331 g/mol. The lowest BCUT2D eigenvalue weighted by atomic mass is 9.49. The number of likely N-dealkylation sites (tertiary alicyclic amines) is 1. The van der Waals surface area contributed by atoms with Gasteiger partial charge in [-0.3, -0.25) is 4.90 Å². The quantitative estimate of drug-likeness (QED) is 0.815. The number of aromatic hydroxyl groups is 1. The number of phenolic OH excluding ortho intramolecular Hbond substituents is 1. The molecule has 2 aliphatic heterocycles. The maximum Gasteiger partial charge on any atom is 0.165 e. The molecule has 1 saturated heterocycles. The Bertz CT molecular complexity index is 738. The summed E-state index contributed by atoms with van der Waals surface area (Å²) < 4.78 is 20.8. The lowest BCUT2D eigenvalue weighted by molar-refractivity contribution is -0.197. The Hall–Kier alpha value is -1.59. The molecule has 1 aromatic rings. The number of aliphatic hydroxyl groups is 1. The molecule has 5 heteroatoms. The average Bonchev–Trinajstić information content (AvgIpc) is 2.91. The molecule has 1 unspecified atom stereocenters. The second kappa shape index (κ2) is 4.52. The minimum atomic E-state index is -1.12. The molecule has 0 aromatic heterocycles. The van der Waals surface area contributed by atoms with Crippen LogP contribution in [0.2, 0.25) is 0 Å². The maximum absolute atomic E-state index is 14.8. The van der Waals surface area contributed by atoms with Gasteiger partial charge in [0.25, 0.3) is 0 Å². The van der Waals surface area contributed by atoms with Gasteiger partial charge < -0.3 is 14.9 Å². The minimum absolute atomic E-state index is 0.0547. The van der Waals surface area contributed by atoms with E-state index in [1.54, 1.807) is 6.07 Å². The molecule has 4 aliphatic rings. The van der Waals surface area contributed by atoms with E-state index in [9.17, 15) is 14.6 Å². The van der Waals surface area contributed by atoms with Crippen LogP contribution in [0, 0.1) is 0 Å². The normalized spacial score (nSPS) is 42.3. The molecule has 128 valence electrons. The van der Waals surface area contributed by atoms with Gasteiger partial charge in [0.1, 0.15) is 12.3 Å². The Morgan fingerprint density at radius 1 is 1.42 bits per heavy atom. The van der Waals surface area contributed by atoms with Crippen molar-refractivity contribution in [1.29, 1.82) is 0 Å². The smallest absolute Gasteiger partial charge is 0.165 e. The van der Waals surface area contributed by atoms with Crippen LogP contribution in [0.4, 0.5) is 4.39 Å². The van der Waals surface area contributed by atoms with E-state index in [0.717, 1.165) is 17.7 Å². The number of benzene rings is 1. The van der Waals surface area contributed by atoms with E-state index in [1.165, 1.54) is 0 Å². The summed E-state index contributed by atoms with van der Waals surface area (Å²) in [5, 5.41) is 22.1. The van der Waals surface area contributed by atoms with Gasteiger partial charge >= 0.3 is 0 Å². The van der Waals surface area contributed by atoms with Crippen LogP contribution in [-0.2, 0) is 11.8 Å². The fourth-order valence-electron chi connectivity index (χ4n) is 5.95. The molecule has 2 N–H and O–H groups in total. The third-order valence-electron chi connectivity index (χ3n) is 6.86. The number of ether oxygens (including phenoxy) is 1. The van der Waals surface area contributed by atoms with Gasteiger partial charge in [0.05, 0.1) is 11.0 Å². The Labute approximate surface area is 140 Å². The van der Waals surface area contributed by atoms with Gasteiger partial charge in [-0.1, -0.05) is 12.1 Å². The van der Waals surface area contributed by atoms with Crippen LogP contribution in [0.5, 0.6) is 11.5 Å². The molecule has 4 nitrogen and oxygen atoms in total. The highest BCUT2D eigenvalue weighted by Gasteiger charge is 2.73.